The first kappa shape index (κ1) is 26.6. The average molecular weight is 531 g/mol. The van der Waals surface area contributed by atoms with Crippen LogP contribution in [0.5, 0.6) is 5.75 Å². The number of ether oxygens (including phenoxy) is 2. The van der Waals surface area contributed by atoms with Gasteiger partial charge < -0.3 is 24.3 Å². The molecule has 2 unspecified atom stereocenters. The third-order valence-electron chi connectivity index (χ3n) is 6.96. The Morgan fingerprint density at radius 3 is 2.59 bits per heavy atom. The summed E-state index contributed by atoms with van der Waals surface area (Å²) in [6, 6.07) is 4.52. The number of aromatic hydroxyl groups is 1. The van der Waals surface area contributed by atoms with Crippen molar-refractivity contribution in [3.63, 3.8) is 0 Å². The molecule has 37 heavy (non-hydrogen) atoms. The van der Waals surface area contributed by atoms with Gasteiger partial charge in [0, 0.05) is 40.7 Å². The summed E-state index contributed by atoms with van der Waals surface area (Å²) < 4.78 is 41.7. The second-order valence-electron chi connectivity index (χ2n) is 10.0. The van der Waals surface area contributed by atoms with Crippen LogP contribution in [0.4, 0.5) is 8.78 Å². The highest BCUT2D eigenvalue weighted by molar-refractivity contribution is 8.04. The Morgan fingerprint density at radius 2 is 2.03 bits per heavy atom. The van der Waals surface area contributed by atoms with Crippen LogP contribution in [0.1, 0.15) is 56.5 Å². The smallest absolute Gasteiger partial charge is 0.345 e. The van der Waals surface area contributed by atoms with E-state index in [0.29, 0.717) is 27.9 Å². The lowest BCUT2D eigenvalue weighted by Crippen LogP contribution is -2.35. The number of halogens is 2. The number of allylic oxidation sites excluding steroid dienone is 4. The van der Waals surface area contributed by atoms with Crippen molar-refractivity contribution in [3.05, 3.63) is 63.6 Å². The fraction of sp³-hybridized carbons (Fsp3) is 0.407. The highest BCUT2D eigenvalue weighted by Crippen LogP contribution is 2.56. The minimum atomic E-state index is -1.13. The van der Waals surface area contributed by atoms with Gasteiger partial charge in [0.1, 0.15) is 22.2 Å². The fourth-order valence-electron chi connectivity index (χ4n) is 5.32. The Hall–Kier alpha value is -3.45. The average Bonchev–Trinajstić information content (AvgIpc) is 3.41. The molecule has 7 nitrogen and oxygen atoms in total. The van der Waals surface area contributed by atoms with E-state index in [-0.39, 0.29) is 35.7 Å². The van der Waals surface area contributed by atoms with Crippen LogP contribution < -0.4 is 0 Å². The van der Waals surface area contributed by atoms with Crippen molar-refractivity contribution in [1.29, 1.82) is 5.26 Å². The molecule has 1 aromatic carbocycles. The summed E-state index contributed by atoms with van der Waals surface area (Å²) in [4.78, 5) is 12.0. The lowest BCUT2D eigenvalue weighted by molar-refractivity contribution is -0.132. The Kier molecular flexibility index (Phi) is 6.80. The second kappa shape index (κ2) is 9.45. The highest BCUT2D eigenvalue weighted by atomic mass is 32.2. The maximum atomic E-state index is 14.8. The van der Waals surface area contributed by atoms with Crippen LogP contribution in [0.3, 0.4) is 0 Å². The third-order valence-corrected chi connectivity index (χ3v) is 8.29. The van der Waals surface area contributed by atoms with Crippen molar-refractivity contribution >= 4 is 28.6 Å². The second-order valence-corrected chi connectivity index (χ2v) is 11.2. The van der Waals surface area contributed by atoms with Crippen LogP contribution in [0.25, 0.3) is 10.9 Å². The van der Waals surface area contributed by atoms with Gasteiger partial charge in [-0.2, -0.15) is 5.26 Å². The molecule has 10 heteroatoms. The quantitative estimate of drug-likeness (QED) is 0.433. The van der Waals surface area contributed by atoms with Gasteiger partial charge in [0.2, 0.25) is 0 Å². The number of phenolic OH excluding ortho intramolecular Hbond substituents is 1. The molecule has 2 aliphatic rings. The number of phenols is 1. The van der Waals surface area contributed by atoms with Gasteiger partial charge in [0.15, 0.2) is 11.6 Å². The lowest BCUT2D eigenvalue weighted by atomic mass is 9.81. The van der Waals surface area contributed by atoms with Crippen molar-refractivity contribution in [2.24, 2.45) is 0 Å². The molecule has 1 aromatic heterocycles. The van der Waals surface area contributed by atoms with E-state index < -0.39 is 33.8 Å². The van der Waals surface area contributed by atoms with Gasteiger partial charge in [-0.15, -0.1) is 11.8 Å². The largest absolute Gasteiger partial charge is 0.507 e. The van der Waals surface area contributed by atoms with Crippen LogP contribution in [-0.4, -0.2) is 35.0 Å². The van der Waals surface area contributed by atoms with E-state index >= 15 is 0 Å². The Balaban J connectivity index is 2.12. The number of thioether (sulfide) groups is 1. The predicted octanol–water partition coefficient (Wildman–Crippen LogP) is 6.30. The van der Waals surface area contributed by atoms with Crippen molar-refractivity contribution in [3.8, 4) is 11.8 Å². The Morgan fingerprint density at radius 1 is 1.32 bits per heavy atom. The number of aliphatic carboxylic acids is 1. The minimum absolute atomic E-state index is 0.0218. The number of hydrogen-bond donors (Lipinski definition) is 2. The first-order chi connectivity index (χ1) is 17.4. The summed E-state index contributed by atoms with van der Waals surface area (Å²) in [5.74, 6) is -2.31. The van der Waals surface area contributed by atoms with Crippen LogP contribution in [0.2, 0.25) is 0 Å². The van der Waals surface area contributed by atoms with Gasteiger partial charge in [-0.1, -0.05) is 13.8 Å². The molecule has 0 bridgehead atoms. The molecule has 2 N–H and O–H groups in total. The van der Waals surface area contributed by atoms with Crippen LogP contribution in [0.15, 0.2) is 46.5 Å². The zero-order valence-corrected chi connectivity index (χ0v) is 22.0. The number of carbonyl (C=O) groups is 1. The predicted molar refractivity (Wildman–Crippen MR) is 136 cm³/mol. The van der Waals surface area contributed by atoms with Gasteiger partial charge >= 0.3 is 5.97 Å². The zero-order valence-electron chi connectivity index (χ0n) is 21.2. The van der Waals surface area contributed by atoms with E-state index in [1.807, 2.05) is 25.3 Å². The number of benzene rings is 1. The number of nitrogens with zero attached hydrogens (tertiary/aromatic N) is 2. The van der Waals surface area contributed by atoms with E-state index in [0.717, 1.165) is 17.8 Å². The maximum absolute atomic E-state index is 14.8. The van der Waals surface area contributed by atoms with Crippen LogP contribution in [0, 0.1) is 17.1 Å². The summed E-state index contributed by atoms with van der Waals surface area (Å²) in [5, 5.41) is 30.4. The van der Waals surface area contributed by atoms with Crippen molar-refractivity contribution in [1.82, 2.24) is 4.57 Å². The zero-order chi connectivity index (χ0) is 27.3. The molecule has 0 spiro atoms. The van der Waals surface area contributed by atoms with Gasteiger partial charge in [0.05, 0.1) is 31.3 Å². The molecule has 1 aliphatic heterocycles. The van der Waals surface area contributed by atoms with E-state index in [1.165, 1.54) is 26.4 Å². The summed E-state index contributed by atoms with van der Waals surface area (Å²) in [7, 11) is 2.76. The molecule has 2 heterocycles. The maximum Gasteiger partial charge on any atom is 0.345 e. The third kappa shape index (κ3) is 4.35. The normalized spacial score (nSPS) is 22.1. The SMILES string of the molecule is COC1=CC(C)(n2c(C(C)(C)CC#N)c(C3CC(OC)=C(C(=O)O)S3)c3c(O)cc(F)cc32)CC=C1F. The monoisotopic (exact) mass is 530 g/mol. The number of aromatic nitrogens is 1. The molecule has 0 fully saturated rings. The Bertz CT molecular complexity index is 1430. The van der Waals surface area contributed by atoms with Gasteiger partial charge in [-0.25, -0.2) is 13.6 Å². The van der Waals surface area contributed by atoms with Gasteiger partial charge in [-0.05, 0) is 37.1 Å². The summed E-state index contributed by atoms with van der Waals surface area (Å²) in [6.45, 7) is 5.57. The summed E-state index contributed by atoms with van der Waals surface area (Å²) >= 11 is 1.09. The number of hydrogen-bond acceptors (Lipinski definition) is 6. The highest BCUT2D eigenvalue weighted by Gasteiger charge is 2.43. The molecule has 0 amide bonds. The molecule has 1 aliphatic carbocycles. The van der Waals surface area contributed by atoms with Crippen LogP contribution >= 0.6 is 11.8 Å². The first-order valence-electron chi connectivity index (χ1n) is 11.6. The fourth-order valence-corrected chi connectivity index (χ4v) is 6.58. The molecular weight excluding hydrogens is 502 g/mol. The lowest BCUT2D eigenvalue weighted by Gasteiger charge is -2.37. The van der Waals surface area contributed by atoms with Crippen molar-refractivity contribution in [2.75, 3.05) is 14.2 Å². The van der Waals surface area contributed by atoms with E-state index in [9.17, 15) is 29.1 Å². The number of carboxylic acids is 1. The molecule has 2 atom stereocenters. The van der Waals surface area contributed by atoms with E-state index in [1.54, 1.807) is 6.08 Å². The molecule has 0 saturated heterocycles. The van der Waals surface area contributed by atoms with Crippen molar-refractivity contribution < 1.29 is 33.3 Å². The summed E-state index contributed by atoms with van der Waals surface area (Å²) in [5.41, 5.74) is -0.227. The summed E-state index contributed by atoms with van der Waals surface area (Å²) in [6.07, 6.45) is 3.50. The van der Waals surface area contributed by atoms with Gasteiger partial charge in [0.25, 0.3) is 0 Å². The van der Waals surface area contributed by atoms with E-state index in [2.05, 4.69) is 6.07 Å². The number of carboxylic acid groups (broad SMARTS) is 1. The first-order valence-corrected chi connectivity index (χ1v) is 12.5. The standard InChI is InChI=1S/C27H28F2N2O5S/c1-26(2,8-9-30)24-22(20-12-18(35-4)23(37-20)25(33)34)21-16(10-14(28)11-17(21)32)31(24)27(3)7-6-15(29)19(13-27)36-5/h6,10-11,13,20,32H,7-8,12H2,1-5H3,(H,33,34). The molecular formula is C27H28F2N2O5S. The number of fused-ring (bicyclic) bond motifs is 1. The van der Waals surface area contributed by atoms with Crippen LogP contribution in [-0.2, 0) is 25.2 Å². The van der Waals surface area contributed by atoms with Gasteiger partial charge in [-0.3, -0.25) is 0 Å². The minimum Gasteiger partial charge on any atom is -0.507 e. The number of methoxy groups -OCH3 is 2. The molecule has 2 aromatic rings. The molecule has 0 saturated carbocycles. The Labute approximate surface area is 217 Å². The molecule has 0 radical (unpaired) electrons. The topological polar surface area (TPSA) is 105 Å². The molecule has 196 valence electrons. The van der Waals surface area contributed by atoms with E-state index in [4.69, 9.17) is 9.47 Å². The number of rotatable bonds is 7. The number of nitriles is 1. The molecule has 4 rings (SSSR count). The van der Waals surface area contributed by atoms with Crippen molar-refractivity contribution in [2.45, 2.75) is 56.2 Å².